The van der Waals surface area contributed by atoms with Gasteiger partial charge >= 0.3 is 11.8 Å². The molecule has 4 rings (SSSR count). The van der Waals surface area contributed by atoms with Crippen molar-refractivity contribution in [3.05, 3.63) is 39.1 Å². The van der Waals surface area contributed by atoms with Crippen LogP contribution in [0, 0.1) is 0 Å². The number of fused-ring (bicyclic) bond motifs is 1. The number of hydrogen-bond donors (Lipinski definition) is 1. The Hall–Kier alpha value is -2.65. The van der Waals surface area contributed by atoms with Crippen LogP contribution in [-0.2, 0) is 18.3 Å². The quantitative estimate of drug-likeness (QED) is 0.755. The summed E-state index contributed by atoms with van der Waals surface area (Å²) < 4.78 is 11.9. The molecule has 3 aromatic rings. The summed E-state index contributed by atoms with van der Waals surface area (Å²) in [6.07, 6.45) is 0. The van der Waals surface area contributed by atoms with E-state index in [1.54, 1.807) is 11.9 Å². The number of hydrogen-bond acceptors (Lipinski definition) is 6. The minimum absolute atomic E-state index is 0.0995. The summed E-state index contributed by atoms with van der Waals surface area (Å²) in [5, 5.41) is 5.64. The average Bonchev–Trinajstić information content (AvgIpc) is 3.25. The van der Waals surface area contributed by atoms with Crippen LogP contribution in [0.2, 0.25) is 0 Å². The molecule has 1 saturated heterocycles. The molecule has 2 aromatic heterocycles. The minimum atomic E-state index is -0.387. The van der Waals surface area contributed by atoms with Crippen molar-refractivity contribution in [2.45, 2.75) is 6.54 Å². The highest BCUT2D eigenvalue weighted by atomic mass is 32.1. The van der Waals surface area contributed by atoms with Crippen molar-refractivity contribution in [3.63, 3.8) is 0 Å². The zero-order valence-electron chi connectivity index (χ0n) is 14.2. The van der Waals surface area contributed by atoms with Crippen LogP contribution >= 0.6 is 11.3 Å². The third kappa shape index (κ3) is 3.23. The summed E-state index contributed by atoms with van der Waals surface area (Å²) in [6.45, 7) is 2.75. The number of nitrogens with one attached hydrogen (secondary N) is 1. The fraction of sp³-hybridized carbons (Fsp3) is 0.353. The minimum Gasteiger partial charge on any atom is -0.408 e. The lowest BCUT2D eigenvalue weighted by Crippen LogP contribution is -2.45. The summed E-state index contributed by atoms with van der Waals surface area (Å²) in [4.78, 5) is 30.0. The number of morpholine rings is 1. The molecule has 1 fully saturated rings. The van der Waals surface area contributed by atoms with Gasteiger partial charge in [-0.05, 0) is 12.1 Å². The molecule has 0 bridgehead atoms. The van der Waals surface area contributed by atoms with E-state index in [2.05, 4.69) is 10.3 Å². The van der Waals surface area contributed by atoms with Crippen molar-refractivity contribution in [1.82, 2.24) is 19.8 Å². The summed E-state index contributed by atoms with van der Waals surface area (Å²) >= 11 is 1.48. The molecular weight excluding hydrogens is 356 g/mol. The van der Waals surface area contributed by atoms with Gasteiger partial charge in [0.1, 0.15) is 5.01 Å². The molecule has 1 N–H and O–H groups in total. The van der Waals surface area contributed by atoms with Gasteiger partial charge in [0.25, 0.3) is 0 Å². The number of amides is 2. The highest BCUT2D eigenvalue weighted by Gasteiger charge is 2.17. The fourth-order valence-corrected chi connectivity index (χ4v) is 3.59. The van der Waals surface area contributed by atoms with Crippen LogP contribution < -0.4 is 11.1 Å². The molecule has 1 aromatic carbocycles. The van der Waals surface area contributed by atoms with Gasteiger partial charge in [-0.25, -0.2) is 14.6 Å². The Balaban J connectivity index is 1.46. The first-order valence-electron chi connectivity index (χ1n) is 8.27. The number of carbonyl (C=O) groups excluding carboxylic acids is 1. The normalized spacial score (nSPS) is 14.7. The third-order valence-electron chi connectivity index (χ3n) is 4.33. The number of carbonyl (C=O) groups is 1. The lowest BCUT2D eigenvalue weighted by atomic mass is 10.1. The molecule has 0 radical (unpaired) electrons. The average molecular weight is 374 g/mol. The lowest BCUT2D eigenvalue weighted by molar-refractivity contribution is 0.0531. The van der Waals surface area contributed by atoms with Crippen LogP contribution in [0.1, 0.15) is 5.01 Å². The van der Waals surface area contributed by atoms with Crippen molar-refractivity contribution in [3.8, 4) is 11.3 Å². The first-order valence-corrected chi connectivity index (χ1v) is 9.14. The topological polar surface area (TPSA) is 89.6 Å². The highest BCUT2D eigenvalue weighted by Crippen LogP contribution is 2.25. The zero-order chi connectivity index (χ0) is 18.1. The maximum absolute atomic E-state index is 12.1. The van der Waals surface area contributed by atoms with Crippen molar-refractivity contribution >= 4 is 28.5 Å². The number of nitrogens with zero attached hydrogens (tertiary/aromatic N) is 3. The summed E-state index contributed by atoms with van der Waals surface area (Å²) in [5.41, 5.74) is 2.94. The summed E-state index contributed by atoms with van der Waals surface area (Å²) in [5.74, 6) is -0.387. The third-order valence-corrected chi connectivity index (χ3v) is 5.18. The van der Waals surface area contributed by atoms with E-state index >= 15 is 0 Å². The predicted octanol–water partition coefficient (Wildman–Crippen LogP) is 1.80. The molecule has 3 heterocycles. The van der Waals surface area contributed by atoms with Gasteiger partial charge in [0.15, 0.2) is 5.58 Å². The van der Waals surface area contributed by atoms with E-state index in [9.17, 15) is 9.59 Å². The first kappa shape index (κ1) is 16.8. The van der Waals surface area contributed by atoms with E-state index in [1.807, 2.05) is 23.6 Å². The Bertz CT molecular complexity index is 1000. The van der Waals surface area contributed by atoms with Crippen molar-refractivity contribution in [2.75, 3.05) is 26.3 Å². The van der Waals surface area contributed by atoms with E-state index in [0.29, 0.717) is 38.4 Å². The van der Waals surface area contributed by atoms with Gasteiger partial charge in [0.2, 0.25) is 0 Å². The van der Waals surface area contributed by atoms with Crippen LogP contribution in [0.5, 0.6) is 0 Å². The zero-order valence-corrected chi connectivity index (χ0v) is 15.0. The van der Waals surface area contributed by atoms with Crippen LogP contribution in [-0.4, -0.2) is 46.8 Å². The number of thiazole rings is 1. The monoisotopic (exact) mass is 374 g/mol. The van der Waals surface area contributed by atoms with Crippen LogP contribution in [0.4, 0.5) is 4.79 Å². The van der Waals surface area contributed by atoms with Gasteiger partial charge < -0.3 is 19.4 Å². The lowest BCUT2D eigenvalue weighted by Gasteiger charge is -2.26. The highest BCUT2D eigenvalue weighted by molar-refractivity contribution is 7.09. The van der Waals surface area contributed by atoms with Crippen LogP contribution in [0.3, 0.4) is 0 Å². The van der Waals surface area contributed by atoms with Crippen LogP contribution in [0.25, 0.3) is 22.4 Å². The number of ether oxygens (including phenoxy) is 1. The molecule has 2 amide bonds. The van der Waals surface area contributed by atoms with Crippen molar-refractivity contribution < 1.29 is 13.9 Å². The Kier molecular flexibility index (Phi) is 4.48. The molecule has 26 heavy (non-hydrogen) atoms. The van der Waals surface area contributed by atoms with E-state index in [1.165, 1.54) is 15.9 Å². The Morgan fingerprint density at radius 3 is 2.96 bits per heavy atom. The molecule has 136 valence electrons. The number of aromatic nitrogens is 2. The van der Waals surface area contributed by atoms with Gasteiger partial charge in [0.05, 0.1) is 31.0 Å². The van der Waals surface area contributed by atoms with Gasteiger partial charge in [-0.3, -0.25) is 4.57 Å². The van der Waals surface area contributed by atoms with E-state index in [-0.39, 0.29) is 11.8 Å². The molecule has 1 aliphatic rings. The molecule has 9 heteroatoms. The molecule has 0 aliphatic carbocycles. The van der Waals surface area contributed by atoms with Crippen molar-refractivity contribution in [1.29, 1.82) is 0 Å². The van der Waals surface area contributed by atoms with Gasteiger partial charge in [-0.1, -0.05) is 6.07 Å². The molecule has 0 spiro atoms. The molecule has 0 atom stereocenters. The number of aryl methyl sites for hydroxylation is 1. The first-order chi connectivity index (χ1) is 12.6. The van der Waals surface area contributed by atoms with Crippen molar-refractivity contribution in [2.24, 2.45) is 7.05 Å². The maximum Gasteiger partial charge on any atom is 0.419 e. The van der Waals surface area contributed by atoms with Crippen LogP contribution in [0.15, 0.2) is 32.8 Å². The molecule has 8 nitrogen and oxygen atoms in total. The maximum atomic E-state index is 12.1. The van der Waals surface area contributed by atoms with E-state index in [4.69, 9.17) is 9.15 Å². The van der Waals surface area contributed by atoms with Gasteiger partial charge in [-0.15, -0.1) is 11.3 Å². The van der Waals surface area contributed by atoms with E-state index in [0.717, 1.165) is 21.8 Å². The molecule has 0 unspecified atom stereocenters. The Morgan fingerprint density at radius 1 is 1.35 bits per heavy atom. The standard InChI is InChI=1S/C17H18N4O4S/c1-20-13-3-2-11(8-14(13)25-17(20)23)12-10-26-15(19-12)9-18-16(22)21-4-6-24-7-5-21/h2-3,8,10H,4-7,9H2,1H3,(H,18,22). The molecular formula is C17H18N4O4S. The second-order valence-electron chi connectivity index (χ2n) is 5.99. The SMILES string of the molecule is Cn1c(=O)oc2cc(-c3csc(CNC(=O)N4CCOCC4)n3)ccc21. The number of urea groups is 1. The van der Waals surface area contributed by atoms with E-state index < -0.39 is 0 Å². The Morgan fingerprint density at radius 2 is 2.15 bits per heavy atom. The predicted molar refractivity (Wildman–Crippen MR) is 97.2 cm³/mol. The molecule has 1 aliphatic heterocycles. The summed E-state index contributed by atoms with van der Waals surface area (Å²) in [7, 11) is 1.67. The smallest absolute Gasteiger partial charge is 0.408 e. The summed E-state index contributed by atoms with van der Waals surface area (Å²) in [6, 6.07) is 5.46. The van der Waals surface area contributed by atoms with Gasteiger partial charge in [-0.2, -0.15) is 0 Å². The molecule has 0 saturated carbocycles. The van der Waals surface area contributed by atoms with Gasteiger partial charge in [0, 0.05) is 31.1 Å². The fourth-order valence-electron chi connectivity index (χ4n) is 2.85. The second-order valence-corrected chi connectivity index (χ2v) is 6.94. The number of oxazole rings is 1. The number of benzene rings is 1. The largest absolute Gasteiger partial charge is 0.419 e. The number of rotatable bonds is 3. The second kappa shape index (κ2) is 6.93. The Labute approximate surface area is 153 Å².